The highest BCUT2D eigenvalue weighted by Crippen LogP contribution is 2.22. The van der Waals surface area contributed by atoms with Crippen LogP contribution in [-0.2, 0) is 0 Å². The number of rotatable bonds is 2. The summed E-state index contributed by atoms with van der Waals surface area (Å²) >= 11 is 0. The summed E-state index contributed by atoms with van der Waals surface area (Å²) in [7, 11) is 1.47. The van der Waals surface area contributed by atoms with Gasteiger partial charge in [-0.1, -0.05) is 5.92 Å². The first-order valence-electron chi connectivity index (χ1n) is 3.48. The Bertz CT molecular complexity index is 379. The zero-order valence-electron chi connectivity index (χ0n) is 6.98. The third kappa shape index (κ3) is 1.76. The second-order valence-corrected chi connectivity index (χ2v) is 2.28. The molecule has 0 spiro atoms. The van der Waals surface area contributed by atoms with E-state index in [0.717, 1.165) is 0 Å². The minimum atomic E-state index is -0.519. The second-order valence-electron chi connectivity index (χ2n) is 2.28. The first kappa shape index (κ1) is 9.07. The Balaban J connectivity index is 3.26. The van der Waals surface area contributed by atoms with Crippen molar-refractivity contribution in [2.45, 2.75) is 0 Å². The van der Waals surface area contributed by atoms with Crippen LogP contribution >= 0.6 is 0 Å². The maximum absolute atomic E-state index is 10.4. The van der Waals surface area contributed by atoms with Crippen molar-refractivity contribution < 1.29 is 9.66 Å². The van der Waals surface area contributed by atoms with Gasteiger partial charge in [0.1, 0.15) is 11.3 Å². The Morgan fingerprint density at radius 1 is 1.62 bits per heavy atom. The molecule has 0 N–H and O–H groups in total. The number of terminal acetylenes is 1. The molecule has 66 valence electrons. The summed E-state index contributed by atoms with van der Waals surface area (Å²) in [5.41, 5.74) is 0.146. The summed E-state index contributed by atoms with van der Waals surface area (Å²) in [5.74, 6) is 2.74. The molecule has 0 saturated heterocycles. The van der Waals surface area contributed by atoms with Gasteiger partial charge in [0.15, 0.2) is 0 Å². The van der Waals surface area contributed by atoms with Gasteiger partial charge < -0.3 is 4.74 Å². The summed E-state index contributed by atoms with van der Waals surface area (Å²) in [6.07, 6.45) is 5.10. The van der Waals surface area contributed by atoms with Gasteiger partial charge in [-0.3, -0.25) is 10.1 Å². The van der Waals surface area contributed by atoms with Gasteiger partial charge in [-0.05, 0) is 6.07 Å². The highest BCUT2D eigenvalue weighted by atomic mass is 16.6. The monoisotopic (exact) mass is 177 g/mol. The molecule has 0 bridgehead atoms. The number of benzene rings is 1. The van der Waals surface area contributed by atoms with Crippen molar-refractivity contribution in [3.8, 4) is 18.1 Å². The van der Waals surface area contributed by atoms with Crippen LogP contribution in [0.15, 0.2) is 18.2 Å². The molecular weight excluding hydrogens is 170 g/mol. The lowest BCUT2D eigenvalue weighted by Gasteiger charge is -2.00. The summed E-state index contributed by atoms with van der Waals surface area (Å²) in [6.45, 7) is 0. The van der Waals surface area contributed by atoms with E-state index in [2.05, 4.69) is 5.92 Å². The van der Waals surface area contributed by atoms with Crippen LogP contribution < -0.4 is 4.74 Å². The van der Waals surface area contributed by atoms with Crippen molar-refractivity contribution in [2.24, 2.45) is 0 Å². The van der Waals surface area contributed by atoms with E-state index in [4.69, 9.17) is 11.2 Å². The Hall–Kier alpha value is -2.02. The normalized spacial score (nSPS) is 8.92. The van der Waals surface area contributed by atoms with E-state index in [1.807, 2.05) is 0 Å². The SMILES string of the molecule is C#Cc1cc(OC)ccc1[N+](=O)[O-]. The molecule has 1 aromatic rings. The maximum Gasteiger partial charge on any atom is 0.285 e. The first-order chi connectivity index (χ1) is 6.19. The van der Waals surface area contributed by atoms with Crippen molar-refractivity contribution in [3.05, 3.63) is 33.9 Å². The van der Waals surface area contributed by atoms with Crippen molar-refractivity contribution in [1.82, 2.24) is 0 Å². The lowest BCUT2D eigenvalue weighted by atomic mass is 10.2. The van der Waals surface area contributed by atoms with Crippen molar-refractivity contribution in [3.63, 3.8) is 0 Å². The molecule has 0 radical (unpaired) electrons. The molecule has 0 atom stereocenters. The van der Waals surface area contributed by atoms with Crippen LogP contribution in [0, 0.1) is 22.5 Å². The molecule has 1 rings (SSSR count). The van der Waals surface area contributed by atoms with E-state index in [9.17, 15) is 10.1 Å². The highest BCUT2D eigenvalue weighted by Gasteiger charge is 2.11. The molecule has 0 aliphatic carbocycles. The predicted molar refractivity (Wildman–Crippen MR) is 47.6 cm³/mol. The fraction of sp³-hybridized carbons (Fsp3) is 0.111. The molecule has 0 aliphatic heterocycles. The summed E-state index contributed by atoms with van der Waals surface area (Å²) in [4.78, 5) is 9.93. The molecule has 0 fully saturated rings. The van der Waals surface area contributed by atoms with Crippen molar-refractivity contribution >= 4 is 5.69 Å². The van der Waals surface area contributed by atoms with Gasteiger partial charge in [0.2, 0.25) is 0 Å². The zero-order chi connectivity index (χ0) is 9.84. The number of hydrogen-bond donors (Lipinski definition) is 0. The molecule has 4 nitrogen and oxygen atoms in total. The third-order valence-electron chi connectivity index (χ3n) is 1.56. The molecule has 13 heavy (non-hydrogen) atoms. The maximum atomic E-state index is 10.4. The Kier molecular flexibility index (Phi) is 2.50. The lowest BCUT2D eigenvalue weighted by molar-refractivity contribution is -0.385. The summed E-state index contributed by atoms with van der Waals surface area (Å²) in [5, 5.41) is 10.4. The van der Waals surface area contributed by atoms with Gasteiger partial charge in [0.05, 0.1) is 12.0 Å². The average Bonchev–Trinajstić information content (AvgIpc) is 2.16. The highest BCUT2D eigenvalue weighted by molar-refractivity contribution is 5.53. The summed E-state index contributed by atoms with van der Waals surface area (Å²) < 4.78 is 4.87. The minimum absolute atomic E-state index is 0.0803. The zero-order valence-corrected chi connectivity index (χ0v) is 6.98. The van der Waals surface area contributed by atoms with E-state index in [0.29, 0.717) is 5.75 Å². The largest absolute Gasteiger partial charge is 0.497 e. The van der Waals surface area contributed by atoms with Crippen LogP contribution in [-0.4, -0.2) is 12.0 Å². The molecule has 0 aliphatic rings. The fourth-order valence-electron chi connectivity index (χ4n) is 0.917. The number of ether oxygens (including phenoxy) is 1. The van der Waals surface area contributed by atoms with Gasteiger partial charge in [-0.2, -0.15) is 0 Å². The predicted octanol–water partition coefficient (Wildman–Crippen LogP) is 1.58. The molecule has 0 aromatic heterocycles. The summed E-state index contributed by atoms with van der Waals surface area (Å²) in [6, 6.07) is 4.28. The van der Waals surface area contributed by atoms with E-state index in [-0.39, 0.29) is 11.3 Å². The van der Waals surface area contributed by atoms with Crippen LogP contribution in [0.1, 0.15) is 5.56 Å². The average molecular weight is 177 g/mol. The number of hydrogen-bond acceptors (Lipinski definition) is 3. The first-order valence-corrected chi connectivity index (χ1v) is 3.48. The van der Waals surface area contributed by atoms with Crippen LogP contribution in [0.2, 0.25) is 0 Å². The standard InChI is InChI=1S/C9H7NO3/c1-3-7-6-8(13-2)4-5-9(7)10(11)12/h1,4-6H,2H3. The molecular formula is C9H7NO3. The van der Waals surface area contributed by atoms with Crippen LogP contribution in [0.4, 0.5) is 5.69 Å². The molecule has 4 heteroatoms. The number of nitrogens with zero attached hydrogens (tertiary/aromatic N) is 1. The van der Waals surface area contributed by atoms with Gasteiger partial charge in [0.25, 0.3) is 5.69 Å². The number of methoxy groups -OCH3 is 1. The van der Waals surface area contributed by atoms with Crippen LogP contribution in [0.25, 0.3) is 0 Å². The third-order valence-corrected chi connectivity index (χ3v) is 1.56. The number of nitro benzene ring substituents is 1. The van der Waals surface area contributed by atoms with Gasteiger partial charge in [-0.25, -0.2) is 0 Å². The quantitative estimate of drug-likeness (QED) is 0.391. The van der Waals surface area contributed by atoms with Gasteiger partial charge in [-0.15, -0.1) is 6.42 Å². The van der Waals surface area contributed by atoms with E-state index in [1.165, 1.54) is 25.3 Å². The fourth-order valence-corrected chi connectivity index (χ4v) is 0.917. The van der Waals surface area contributed by atoms with Gasteiger partial charge in [0, 0.05) is 12.1 Å². The molecule has 1 aromatic carbocycles. The Morgan fingerprint density at radius 2 is 2.31 bits per heavy atom. The van der Waals surface area contributed by atoms with Crippen molar-refractivity contribution in [1.29, 1.82) is 0 Å². The van der Waals surface area contributed by atoms with Crippen LogP contribution in [0.5, 0.6) is 5.75 Å². The van der Waals surface area contributed by atoms with Crippen LogP contribution in [0.3, 0.4) is 0 Å². The number of nitro groups is 1. The minimum Gasteiger partial charge on any atom is -0.497 e. The van der Waals surface area contributed by atoms with E-state index in [1.54, 1.807) is 0 Å². The molecule has 0 unspecified atom stereocenters. The Labute approximate surface area is 75.3 Å². The van der Waals surface area contributed by atoms with E-state index >= 15 is 0 Å². The molecule has 0 amide bonds. The lowest BCUT2D eigenvalue weighted by Crippen LogP contribution is -1.93. The van der Waals surface area contributed by atoms with Gasteiger partial charge >= 0.3 is 0 Å². The molecule has 0 heterocycles. The molecule has 0 saturated carbocycles. The van der Waals surface area contributed by atoms with E-state index < -0.39 is 4.92 Å². The Morgan fingerprint density at radius 3 is 2.77 bits per heavy atom. The smallest absolute Gasteiger partial charge is 0.285 e. The topological polar surface area (TPSA) is 52.4 Å². The second kappa shape index (κ2) is 3.59. The van der Waals surface area contributed by atoms with Crippen molar-refractivity contribution in [2.75, 3.05) is 7.11 Å².